The molecule has 70 valence electrons. The van der Waals surface area contributed by atoms with Crippen molar-refractivity contribution in [1.82, 2.24) is 0 Å². The van der Waals surface area contributed by atoms with Crippen molar-refractivity contribution in [2.45, 2.75) is 0 Å². The molecule has 1 heterocycles. The Bertz CT molecular complexity index is 462. The molecule has 1 aromatic heterocycles. The van der Waals surface area contributed by atoms with Crippen molar-refractivity contribution < 1.29 is 4.79 Å². The summed E-state index contributed by atoms with van der Waals surface area (Å²) in [4.78, 5) is 10.7. The van der Waals surface area contributed by atoms with Gasteiger partial charge in [-0.3, -0.25) is 4.79 Å². The third-order valence-corrected chi connectivity index (χ3v) is 3.07. The second-order valence-corrected chi connectivity index (χ2v) is 3.99. The number of halogens is 1. The van der Waals surface area contributed by atoms with Crippen LogP contribution in [-0.2, 0) is 0 Å². The van der Waals surface area contributed by atoms with Crippen molar-refractivity contribution in [3.63, 3.8) is 0 Å². The molecule has 0 bridgehead atoms. The van der Waals surface area contributed by atoms with E-state index < -0.39 is 0 Å². The highest BCUT2D eigenvalue weighted by Crippen LogP contribution is 2.31. The van der Waals surface area contributed by atoms with Crippen molar-refractivity contribution in [1.29, 1.82) is 0 Å². The lowest BCUT2D eigenvalue weighted by Crippen LogP contribution is -1.82. The average Bonchev–Trinajstić information content (AvgIpc) is 2.66. The maximum atomic E-state index is 10.7. The lowest BCUT2D eigenvalue weighted by atomic mass is 10.1. The molecule has 0 saturated carbocycles. The highest BCUT2D eigenvalue weighted by atomic mass is 35.5. The van der Waals surface area contributed by atoms with E-state index in [4.69, 9.17) is 11.6 Å². The minimum Gasteiger partial charge on any atom is -0.298 e. The summed E-state index contributed by atoms with van der Waals surface area (Å²) < 4.78 is 0. The third-order valence-electron chi connectivity index (χ3n) is 1.98. The molecule has 0 unspecified atom stereocenters. The summed E-state index contributed by atoms with van der Waals surface area (Å²) >= 11 is 7.54. The van der Waals surface area contributed by atoms with Crippen LogP contribution in [0, 0.1) is 0 Å². The fourth-order valence-electron chi connectivity index (χ4n) is 1.30. The zero-order valence-corrected chi connectivity index (χ0v) is 8.81. The molecule has 14 heavy (non-hydrogen) atoms. The fourth-order valence-corrected chi connectivity index (χ4v) is 2.33. The van der Waals surface area contributed by atoms with Gasteiger partial charge in [-0.15, -0.1) is 0 Å². The Balaban J connectivity index is 2.60. The van der Waals surface area contributed by atoms with Crippen molar-refractivity contribution >= 4 is 29.2 Å². The van der Waals surface area contributed by atoms with Crippen LogP contribution >= 0.6 is 22.9 Å². The van der Waals surface area contributed by atoms with Gasteiger partial charge in [0.1, 0.15) is 0 Å². The standard InChI is InChI=1S/C11H7ClOS/c12-11-4-2-1-3-9(11)10-7-14-6-8(10)5-13/h1-7H. The number of carbonyl (C=O) groups is 1. The normalized spacial score (nSPS) is 10.1. The first-order valence-electron chi connectivity index (χ1n) is 4.09. The maximum Gasteiger partial charge on any atom is 0.151 e. The Morgan fingerprint density at radius 3 is 2.64 bits per heavy atom. The minimum atomic E-state index is 0.675. The van der Waals surface area contributed by atoms with Gasteiger partial charge in [0.2, 0.25) is 0 Å². The lowest BCUT2D eigenvalue weighted by molar-refractivity contribution is 0.112. The van der Waals surface area contributed by atoms with E-state index in [0.29, 0.717) is 10.6 Å². The Kier molecular flexibility index (Phi) is 2.66. The molecule has 0 aliphatic rings. The van der Waals surface area contributed by atoms with Crippen LogP contribution in [0.3, 0.4) is 0 Å². The zero-order chi connectivity index (χ0) is 9.97. The molecule has 0 radical (unpaired) electrons. The SMILES string of the molecule is O=Cc1cscc1-c1ccccc1Cl. The second kappa shape index (κ2) is 3.95. The van der Waals surface area contributed by atoms with Gasteiger partial charge in [-0.1, -0.05) is 29.8 Å². The Morgan fingerprint density at radius 2 is 1.93 bits per heavy atom. The van der Waals surface area contributed by atoms with Crippen molar-refractivity contribution in [2.75, 3.05) is 0 Å². The van der Waals surface area contributed by atoms with Gasteiger partial charge in [-0.25, -0.2) is 0 Å². The van der Waals surface area contributed by atoms with Crippen LogP contribution in [0.15, 0.2) is 35.0 Å². The summed E-state index contributed by atoms with van der Waals surface area (Å²) in [6, 6.07) is 7.52. The molecule has 1 aromatic carbocycles. The summed E-state index contributed by atoms with van der Waals surface area (Å²) in [5, 5.41) is 4.44. The van der Waals surface area contributed by atoms with E-state index in [1.165, 1.54) is 11.3 Å². The van der Waals surface area contributed by atoms with Crippen LogP contribution in [0.2, 0.25) is 5.02 Å². The van der Waals surface area contributed by atoms with Gasteiger partial charge < -0.3 is 0 Å². The zero-order valence-electron chi connectivity index (χ0n) is 7.24. The van der Waals surface area contributed by atoms with E-state index in [0.717, 1.165) is 17.4 Å². The Hall–Kier alpha value is -1.12. The molecular weight excluding hydrogens is 216 g/mol. The molecule has 2 rings (SSSR count). The first kappa shape index (κ1) is 9.44. The third kappa shape index (κ3) is 1.59. The number of benzene rings is 1. The van der Waals surface area contributed by atoms with Crippen molar-refractivity contribution in [2.24, 2.45) is 0 Å². The van der Waals surface area contributed by atoms with Crippen LogP contribution in [-0.4, -0.2) is 6.29 Å². The molecule has 0 aliphatic heterocycles. The van der Waals surface area contributed by atoms with Gasteiger partial charge in [-0.05, 0) is 11.4 Å². The summed E-state index contributed by atoms with van der Waals surface area (Å²) in [5.74, 6) is 0. The van der Waals surface area contributed by atoms with E-state index in [1.807, 2.05) is 35.0 Å². The van der Waals surface area contributed by atoms with E-state index in [2.05, 4.69) is 0 Å². The van der Waals surface area contributed by atoms with Crippen LogP contribution in [0.1, 0.15) is 10.4 Å². The van der Waals surface area contributed by atoms with Gasteiger partial charge >= 0.3 is 0 Å². The number of hydrogen-bond donors (Lipinski definition) is 0. The summed E-state index contributed by atoms with van der Waals surface area (Å²) in [6.45, 7) is 0. The lowest BCUT2D eigenvalue weighted by Gasteiger charge is -2.01. The number of carbonyl (C=O) groups excluding carboxylic acids is 1. The molecule has 0 spiro atoms. The topological polar surface area (TPSA) is 17.1 Å². The summed E-state index contributed by atoms with van der Waals surface area (Å²) in [6.07, 6.45) is 0.856. The molecule has 0 fully saturated rings. The van der Waals surface area contributed by atoms with Gasteiger partial charge in [-0.2, -0.15) is 11.3 Å². The van der Waals surface area contributed by atoms with Gasteiger partial charge in [0, 0.05) is 27.1 Å². The monoisotopic (exact) mass is 222 g/mol. The van der Waals surface area contributed by atoms with Crippen LogP contribution < -0.4 is 0 Å². The van der Waals surface area contributed by atoms with E-state index >= 15 is 0 Å². The van der Waals surface area contributed by atoms with Crippen LogP contribution in [0.5, 0.6) is 0 Å². The average molecular weight is 223 g/mol. The quantitative estimate of drug-likeness (QED) is 0.705. The second-order valence-electron chi connectivity index (χ2n) is 2.84. The van der Waals surface area contributed by atoms with E-state index in [1.54, 1.807) is 0 Å². The Labute approximate surface area is 91.0 Å². The molecule has 2 aromatic rings. The predicted molar refractivity (Wildman–Crippen MR) is 60.2 cm³/mol. The number of thiophene rings is 1. The molecule has 3 heteroatoms. The predicted octanol–water partition coefficient (Wildman–Crippen LogP) is 3.88. The first-order valence-corrected chi connectivity index (χ1v) is 5.41. The highest BCUT2D eigenvalue weighted by molar-refractivity contribution is 7.08. The van der Waals surface area contributed by atoms with Crippen LogP contribution in [0.25, 0.3) is 11.1 Å². The largest absolute Gasteiger partial charge is 0.298 e. The number of rotatable bonds is 2. The van der Waals surface area contributed by atoms with Crippen molar-refractivity contribution in [3.05, 3.63) is 45.6 Å². The first-order chi connectivity index (χ1) is 6.83. The molecule has 0 saturated heterocycles. The van der Waals surface area contributed by atoms with E-state index in [9.17, 15) is 4.79 Å². The number of aldehydes is 1. The molecule has 0 atom stereocenters. The molecule has 0 N–H and O–H groups in total. The van der Waals surface area contributed by atoms with Gasteiger partial charge in [0.15, 0.2) is 6.29 Å². The maximum absolute atomic E-state index is 10.7. The van der Waals surface area contributed by atoms with Crippen molar-refractivity contribution in [3.8, 4) is 11.1 Å². The van der Waals surface area contributed by atoms with Gasteiger partial charge in [0.05, 0.1) is 0 Å². The molecule has 0 amide bonds. The Morgan fingerprint density at radius 1 is 1.14 bits per heavy atom. The molecule has 1 nitrogen and oxygen atoms in total. The molecule has 0 aliphatic carbocycles. The summed E-state index contributed by atoms with van der Waals surface area (Å²) in [5.41, 5.74) is 2.52. The summed E-state index contributed by atoms with van der Waals surface area (Å²) in [7, 11) is 0. The fraction of sp³-hybridized carbons (Fsp3) is 0. The van der Waals surface area contributed by atoms with E-state index in [-0.39, 0.29) is 0 Å². The minimum absolute atomic E-state index is 0.675. The van der Waals surface area contributed by atoms with Gasteiger partial charge in [0.25, 0.3) is 0 Å². The number of hydrogen-bond acceptors (Lipinski definition) is 2. The highest BCUT2D eigenvalue weighted by Gasteiger charge is 2.07. The smallest absolute Gasteiger partial charge is 0.151 e. The van der Waals surface area contributed by atoms with Crippen LogP contribution in [0.4, 0.5) is 0 Å². The molecular formula is C11H7ClOS.